The number of nitrogens with two attached hydrogens (primary N) is 1. The predicted molar refractivity (Wildman–Crippen MR) is 166 cm³/mol. The van der Waals surface area contributed by atoms with Crippen LogP contribution in [0.1, 0.15) is 63.2 Å². The summed E-state index contributed by atoms with van der Waals surface area (Å²) in [5.41, 5.74) is 5.96. The van der Waals surface area contributed by atoms with Crippen LogP contribution in [0.15, 0.2) is 29.1 Å². The molecule has 1 aliphatic carbocycles. The van der Waals surface area contributed by atoms with Gasteiger partial charge in [0.15, 0.2) is 11.5 Å². The van der Waals surface area contributed by atoms with Crippen LogP contribution in [0.2, 0.25) is 0 Å². The van der Waals surface area contributed by atoms with Crippen molar-refractivity contribution in [1.82, 2.24) is 15.3 Å². The Morgan fingerprint density at radius 1 is 1.16 bits per heavy atom. The molecule has 2 aliphatic rings. The Kier molecular flexibility index (Phi) is 10.5. The van der Waals surface area contributed by atoms with E-state index in [1.165, 1.54) is 17.0 Å². The van der Waals surface area contributed by atoms with E-state index >= 15 is 0 Å². The molecule has 1 saturated carbocycles. The van der Waals surface area contributed by atoms with Gasteiger partial charge in [-0.05, 0) is 61.3 Å². The molecule has 0 bridgehead atoms. The lowest BCUT2D eigenvalue weighted by molar-refractivity contribution is -0.140. The summed E-state index contributed by atoms with van der Waals surface area (Å²) in [6.07, 6.45) is 1.15. The van der Waals surface area contributed by atoms with E-state index in [-0.39, 0.29) is 54.5 Å². The summed E-state index contributed by atoms with van der Waals surface area (Å²) in [7, 11) is 0. The molecule has 1 aliphatic heterocycles. The van der Waals surface area contributed by atoms with E-state index in [4.69, 9.17) is 15.6 Å². The molecule has 5 atom stereocenters. The van der Waals surface area contributed by atoms with Crippen molar-refractivity contribution < 1.29 is 34.1 Å². The monoisotopic (exact) mass is 627 g/mol. The first kappa shape index (κ1) is 33.1. The number of aromatic nitrogens is 2. The zero-order valence-electron chi connectivity index (χ0n) is 25.5. The van der Waals surface area contributed by atoms with Crippen LogP contribution in [-0.2, 0) is 14.3 Å². The number of aliphatic carboxylic acids is 2. The van der Waals surface area contributed by atoms with Crippen LogP contribution in [0.4, 0.5) is 27.9 Å². The lowest BCUT2D eigenvalue weighted by atomic mass is 9.75. The zero-order chi connectivity index (χ0) is 32.8. The van der Waals surface area contributed by atoms with Crippen LogP contribution >= 0.6 is 0 Å². The molecule has 1 aromatic heterocycles. The topological polar surface area (TPSA) is 229 Å². The van der Waals surface area contributed by atoms with Crippen LogP contribution in [0.3, 0.4) is 0 Å². The molecular weight excluding hydrogens is 586 g/mol. The second-order valence-electron chi connectivity index (χ2n) is 12.1. The third-order valence-corrected chi connectivity index (χ3v) is 8.37. The maximum absolute atomic E-state index is 13.8. The third kappa shape index (κ3) is 8.22. The molecule has 0 radical (unpaired) electrons. The van der Waals surface area contributed by atoms with Gasteiger partial charge in [0.05, 0.1) is 6.04 Å². The molecule has 2 heterocycles. The Hall–Kier alpha value is -4.82. The van der Waals surface area contributed by atoms with Gasteiger partial charge in [-0.3, -0.25) is 24.3 Å². The summed E-state index contributed by atoms with van der Waals surface area (Å²) >= 11 is 0. The number of carbonyl (C=O) groups excluding carboxylic acids is 2. The van der Waals surface area contributed by atoms with Gasteiger partial charge in [-0.15, -0.1) is 0 Å². The van der Waals surface area contributed by atoms with Crippen LogP contribution < -0.4 is 32.1 Å². The highest BCUT2D eigenvalue weighted by Crippen LogP contribution is 2.36. The largest absolute Gasteiger partial charge is 0.481 e. The van der Waals surface area contributed by atoms with Crippen molar-refractivity contribution in [2.45, 2.75) is 71.1 Å². The van der Waals surface area contributed by atoms with E-state index in [0.717, 1.165) is 19.3 Å². The van der Waals surface area contributed by atoms with Gasteiger partial charge in [0.2, 0.25) is 5.95 Å². The molecule has 1 fully saturated rings. The van der Waals surface area contributed by atoms with Gasteiger partial charge in [-0.2, -0.15) is 4.98 Å². The quantitative estimate of drug-likeness (QED) is 0.191. The second-order valence-corrected chi connectivity index (χ2v) is 12.1. The molecule has 45 heavy (non-hydrogen) atoms. The minimum absolute atomic E-state index is 0.0140. The van der Waals surface area contributed by atoms with Crippen molar-refractivity contribution in [3.05, 3.63) is 40.2 Å². The first-order valence-corrected chi connectivity index (χ1v) is 15.1. The molecule has 244 valence electrons. The van der Waals surface area contributed by atoms with Gasteiger partial charge in [0, 0.05) is 30.8 Å². The van der Waals surface area contributed by atoms with Crippen molar-refractivity contribution in [1.29, 1.82) is 0 Å². The second kappa shape index (κ2) is 14.3. The predicted octanol–water partition coefficient (Wildman–Crippen LogP) is 2.71. The fourth-order valence-electron chi connectivity index (χ4n) is 5.90. The van der Waals surface area contributed by atoms with Crippen LogP contribution in [-0.4, -0.2) is 75.4 Å². The van der Waals surface area contributed by atoms with E-state index in [1.807, 2.05) is 0 Å². The number of hydrogen-bond donors (Lipinski definition) is 7. The van der Waals surface area contributed by atoms with Crippen molar-refractivity contribution >= 4 is 47.1 Å². The highest BCUT2D eigenvalue weighted by atomic mass is 16.6. The number of carboxylic acids is 2. The van der Waals surface area contributed by atoms with Crippen LogP contribution in [0.5, 0.6) is 0 Å². The number of aromatic amines is 1. The van der Waals surface area contributed by atoms with Gasteiger partial charge in [0.25, 0.3) is 11.5 Å². The van der Waals surface area contributed by atoms with E-state index in [9.17, 15) is 29.1 Å². The maximum Gasteiger partial charge on any atom is 0.415 e. The number of nitrogen functional groups attached to an aromatic ring is 1. The van der Waals surface area contributed by atoms with Crippen molar-refractivity contribution in [2.75, 3.05) is 34.4 Å². The van der Waals surface area contributed by atoms with Crippen molar-refractivity contribution in [2.24, 2.45) is 17.8 Å². The summed E-state index contributed by atoms with van der Waals surface area (Å²) in [6.45, 7) is 6.81. The molecule has 5 unspecified atom stereocenters. The number of nitrogens with one attached hydrogen (secondary N) is 4. The fourth-order valence-corrected chi connectivity index (χ4v) is 5.90. The number of amides is 2. The number of carboxylic acid groups (broad SMARTS) is 2. The summed E-state index contributed by atoms with van der Waals surface area (Å²) in [4.78, 5) is 69.7. The zero-order valence-corrected chi connectivity index (χ0v) is 25.5. The molecule has 2 aromatic rings. The van der Waals surface area contributed by atoms with E-state index < -0.39 is 48.0 Å². The molecular formula is C30H41N7O8. The summed E-state index contributed by atoms with van der Waals surface area (Å²) in [5, 5.41) is 26.8. The van der Waals surface area contributed by atoms with Gasteiger partial charge in [-0.25, -0.2) is 9.59 Å². The standard InChI is InChI=1S/C30H41N7O8/c1-15(2)20-9-4-16(3)12-22(20)45-30(44)37-19(14-33-25-24(37)27(41)36-29(31)35-25)13-32-18-7-5-17(6-8-18)26(40)34-21(28(42)43)10-11-23(38)39/h5-8,15-16,19-22,32H,4,9-14H2,1-3H3,(H,34,40)(H,38,39)(H,42,43)(H4,31,33,35,36,41). The average molecular weight is 628 g/mol. The van der Waals surface area contributed by atoms with Gasteiger partial charge in [-0.1, -0.05) is 27.2 Å². The number of fused-ring (bicyclic) bond motifs is 1. The molecule has 15 heteroatoms. The molecule has 2 amide bonds. The van der Waals surface area contributed by atoms with Gasteiger partial charge in [0.1, 0.15) is 12.1 Å². The number of H-pyrrole nitrogens is 1. The Labute approximate surface area is 259 Å². The van der Waals surface area contributed by atoms with Gasteiger partial charge < -0.3 is 36.6 Å². The fraction of sp³-hybridized carbons (Fsp3) is 0.533. The highest BCUT2D eigenvalue weighted by molar-refractivity contribution is 5.97. The third-order valence-electron chi connectivity index (χ3n) is 8.37. The Bertz CT molecular complexity index is 1460. The summed E-state index contributed by atoms with van der Waals surface area (Å²) in [6, 6.07) is 4.29. The Morgan fingerprint density at radius 3 is 2.51 bits per heavy atom. The summed E-state index contributed by atoms with van der Waals surface area (Å²) < 4.78 is 6.12. The minimum atomic E-state index is -1.35. The van der Waals surface area contributed by atoms with E-state index in [0.29, 0.717) is 17.5 Å². The molecule has 4 rings (SSSR count). The Balaban J connectivity index is 1.48. The number of carbonyl (C=O) groups is 4. The molecule has 1 aromatic carbocycles. The number of anilines is 4. The number of ether oxygens (including phenoxy) is 1. The van der Waals surface area contributed by atoms with Gasteiger partial charge >= 0.3 is 18.0 Å². The van der Waals surface area contributed by atoms with E-state index in [2.05, 4.69) is 46.7 Å². The normalized spacial score (nSPS) is 21.6. The molecule has 8 N–H and O–H groups in total. The number of benzene rings is 1. The minimum Gasteiger partial charge on any atom is -0.481 e. The first-order valence-electron chi connectivity index (χ1n) is 15.1. The molecule has 0 saturated heterocycles. The lowest BCUT2D eigenvalue weighted by Crippen LogP contribution is -2.54. The number of rotatable bonds is 11. The van der Waals surface area contributed by atoms with Crippen LogP contribution in [0.25, 0.3) is 0 Å². The molecule has 15 nitrogen and oxygen atoms in total. The summed E-state index contributed by atoms with van der Waals surface area (Å²) in [5.74, 6) is -2.14. The highest BCUT2D eigenvalue weighted by Gasteiger charge is 2.39. The lowest BCUT2D eigenvalue weighted by Gasteiger charge is -2.40. The first-order chi connectivity index (χ1) is 21.3. The SMILES string of the molecule is CC1CCC(C(C)C)C(OC(=O)N2c3c(nc(N)[nH]c3=O)NCC2CNc2ccc(C(=O)NC(CCC(=O)O)C(=O)O)cc2)C1. The average Bonchev–Trinajstić information content (AvgIpc) is 2.97. The number of hydrogen-bond acceptors (Lipinski definition) is 10. The number of nitrogens with zero attached hydrogens (tertiary/aromatic N) is 2. The Morgan fingerprint density at radius 2 is 1.87 bits per heavy atom. The smallest absolute Gasteiger partial charge is 0.415 e. The van der Waals surface area contributed by atoms with E-state index in [1.54, 1.807) is 12.1 Å². The molecule has 0 spiro atoms. The van der Waals surface area contributed by atoms with Crippen molar-refractivity contribution in [3.8, 4) is 0 Å². The maximum atomic E-state index is 13.8. The van der Waals surface area contributed by atoms with Crippen LogP contribution in [0, 0.1) is 17.8 Å². The van der Waals surface area contributed by atoms with Crippen molar-refractivity contribution in [3.63, 3.8) is 0 Å².